The van der Waals surface area contributed by atoms with Crippen LogP contribution >= 0.6 is 0 Å². The lowest BCUT2D eigenvalue weighted by Gasteiger charge is -2.34. The van der Waals surface area contributed by atoms with Gasteiger partial charge in [0.25, 0.3) is 0 Å². The summed E-state index contributed by atoms with van der Waals surface area (Å²) in [7, 11) is 0. The molecule has 0 aliphatic rings. The SMILES string of the molecule is CCCCCCCCC([O])(CCCC)C(CC)CCCC. The van der Waals surface area contributed by atoms with E-state index < -0.39 is 5.60 Å². The molecule has 0 saturated carbocycles. The monoisotopic (exact) mass is 297 g/mol. The highest BCUT2D eigenvalue weighted by Gasteiger charge is 2.35. The standard InChI is InChI=1S/C20H41O/c1-5-9-12-13-14-15-18-20(21,17-11-7-3)19(8-4)16-10-6-2/h19H,5-18H2,1-4H3. The molecule has 0 heterocycles. The van der Waals surface area contributed by atoms with Gasteiger partial charge in [0, 0.05) is 0 Å². The van der Waals surface area contributed by atoms with Gasteiger partial charge in [-0.3, -0.25) is 0 Å². The smallest absolute Gasteiger partial charge is 0.106 e. The van der Waals surface area contributed by atoms with Gasteiger partial charge in [0.1, 0.15) is 5.60 Å². The maximum absolute atomic E-state index is 13.4. The van der Waals surface area contributed by atoms with E-state index in [-0.39, 0.29) is 0 Å². The average Bonchev–Trinajstić information content (AvgIpc) is 2.49. The molecule has 1 nitrogen and oxygen atoms in total. The molecule has 1 radical (unpaired) electrons. The lowest BCUT2D eigenvalue weighted by Crippen LogP contribution is -2.36. The number of rotatable bonds is 15. The van der Waals surface area contributed by atoms with E-state index in [1.54, 1.807) is 0 Å². The molecule has 0 bridgehead atoms. The molecule has 1 heteroatoms. The van der Waals surface area contributed by atoms with Crippen molar-refractivity contribution in [2.45, 2.75) is 123 Å². The van der Waals surface area contributed by atoms with E-state index in [9.17, 15) is 5.11 Å². The predicted molar refractivity (Wildman–Crippen MR) is 94.2 cm³/mol. The third kappa shape index (κ3) is 9.55. The van der Waals surface area contributed by atoms with Gasteiger partial charge in [0.15, 0.2) is 0 Å². The summed E-state index contributed by atoms with van der Waals surface area (Å²) in [4.78, 5) is 0. The topological polar surface area (TPSA) is 19.9 Å². The van der Waals surface area contributed by atoms with Crippen LogP contribution in [-0.2, 0) is 5.11 Å². The first-order valence-corrected chi connectivity index (χ1v) is 9.84. The molecule has 0 fully saturated rings. The summed E-state index contributed by atoms with van der Waals surface area (Å²) in [6, 6.07) is 0. The molecule has 2 atom stereocenters. The second-order valence-electron chi connectivity index (χ2n) is 6.93. The molecule has 0 aromatic rings. The van der Waals surface area contributed by atoms with Crippen molar-refractivity contribution in [3.8, 4) is 0 Å². The van der Waals surface area contributed by atoms with Crippen LogP contribution in [0.5, 0.6) is 0 Å². The Morgan fingerprint density at radius 2 is 1.19 bits per heavy atom. The van der Waals surface area contributed by atoms with Crippen LogP contribution in [0.15, 0.2) is 0 Å². The Morgan fingerprint density at radius 3 is 1.76 bits per heavy atom. The Bertz CT molecular complexity index is 214. The second kappa shape index (κ2) is 13.6. The van der Waals surface area contributed by atoms with Gasteiger partial charge in [-0.1, -0.05) is 98.3 Å². The molecule has 0 aromatic heterocycles. The average molecular weight is 298 g/mol. The zero-order chi connectivity index (χ0) is 16.0. The minimum atomic E-state index is -0.634. The third-order valence-electron chi connectivity index (χ3n) is 5.05. The van der Waals surface area contributed by atoms with Crippen LogP contribution in [0, 0.1) is 5.92 Å². The zero-order valence-corrected chi connectivity index (χ0v) is 15.4. The molecule has 0 spiro atoms. The molecular formula is C20H41O. The lowest BCUT2D eigenvalue weighted by atomic mass is 9.75. The van der Waals surface area contributed by atoms with E-state index in [4.69, 9.17) is 0 Å². The molecular weight excluding hydrogens is 256 g/mol. The normalized spacial score (nSPS) is 15.9. The van der Waals surface area contributed by atoms with Gasteiger partial charge in [-0.15, -0.1) is 0 Å². The molecule has 0 saturated heterocycles. The number of hydrogen-bond acceptors (Lipinski definition) is 0. The van der Waals surface area contributed by atoms with Gasteiger partial charge in [-0.2, -0.15) is 0 Å². The lowest BCUT2D eigenvalue weighted by molar-refractivity contribution is -0.0977. The molecule has 21 heavy (non-hydrogen) atoms. The van der Waals surface area contributed by atoms with Gasteiger partial charge >= 0.3 is 0 Å². The van der Waals surface area contributed by atoms with Crippen molar-refractivity contribution in [2.24, 2.45) is 5.92 Å². The van der Waals surface area contributed by atoms with Crippen molar-refractivity contribution < 1.29 is 5.11 Å². The summed E-state index contributed by atoms with van der Waals surface area (Å²) < 4.78 is 0. The Morgan fingerprint density at radius 1 is 0.667 bits per heavy atom. The van der Waals surface area contributed by atoms with Crippen molar-refractivity contribution in [3.63, 3.8) is 0 Å². The van der Waals surface area contributed by atoms with Gasteiger partial charge < -0.3 is 0 Å². The first-order chi connectivity index (χ1) is 10.1. The Kier molecular flexibility index (Phi) is 13.6. The van der Waals surface area contributed by atoms with Crippen LogP contribution in [0.3, 0.4) is 0 Å². The van der Waals surface area contributed by atoms with Gasteiger partial charge in [0.05, 0.1) is 0 Å². The van der Waals surface area contributed by atoms with Gasteiger partial charge in [-0.25, -0.2) is 5.11 Å². The minimum absolute atomic E-state index is 0.402. The van der Waals surface area contributed by atoms with E-state index in [2.05, 4.69) is 27.7 Å². The Labute approximate surface area is 134 Å². The minimum Gasteiger partial charge on any atom is -0.229 e. The largest absolute Gasteiger partial charge is 0.229 e. The highest BCUT2D eigenvalue weighted by Crippen LogP contribution is 2.36. The summed E-state index contributed by atoms with van der Waals surface area (Å²) in [6.45, 7) is 8.92. The highest BCUT2D eigenvalue weighted by molar-refractivity contribution is 4.85. The van der Waals surface area contributed by atoms with Crippen LogP contribution < -0.4 is 0 Å². The summed E-state index contributed by atoms with van der Waals surface area (Å²) in [5, 5.41) is 13.4. The highest BCUT2D eigenvalue weighted by atomic mass is 16.3. The van der Waals surface area contributed by atoms with Crippen LogP contribution in [0.25, 0.3) is 0 Å². The fraction of sp³-hybridized carbons (Fsp3) is 1.00. The third-order valence-corrected chi connectivity index (χ3v) is 5.05. The number of hydrogen-bond donors (Lipinski definition) is 0. The first kappa shape index (κ1) is 21.0. The molecule has 0 amide bonds. The van der Waals surface area contributed by atoms with E-state index in [1.807, 2.05) is 0 Å². The summed E-state index contributed by atoms with van der Waals surface area (Å²) in [6.07, 6.45) is 16.5. The zero-order valence-electron chi connectivity index (χ0n) is 15.4. The molecule has 0 rings (SSSR count). The van der Waals surface area contributed by atoms with Crippen LogP contribution in [-0.4, -0.2) is 5.60 Å². The van der Waals surface area contributed by atoms with Crippen LogP contribution in [0.2, 0.25) is 0 Å². The van der Waals surface area contributed by atoms with E-state index in [0.29, 0.717) is 5.92 Å². The quantitative estimate of drug-likeness (QED) is 0.282. The molecule has 0 aromatic carbocycles. The molecule has 0 N–H and O–H groups in total. The molecule has 0 aliphatic carbocycles. The maximum Gasteiger partial charge on any atom is 0.106 e. The van der Waals surface area contributed by atoms with Crippen molar-refractivity contribution in [3.05, 3.63) is 0 Å². The molecule has 2 unspecified atom stereocenters. The second-order valence-corrected chi connectivity index (χ2v) is 6.93. The number of unbranched alkanes of at least 4 members (excludes halogenated alkanes) is 7. The fourth-order valence-corrected chi connectivity index (χ4v) is 3.50. The van der Waals surface area contributed by atoms with E-state index in [0.717, 1.165) is 44.9 Å². The summed E-state index contributed by atoms with van der Waals surface area (Å²) in [5.41, 5.74) is -0.634. The maximum atomic E-state index is 13.4. The van der Waals surface area contributed by atoms with Crippen molar-refractivity contribution in [1.29, 1.82) is 0 Å². The predicted octanol–water partition coefficient (Wildman–Crippen LogP) is 7.31. The van der Waals surface area contributed by atoms with Crippen molar-refractivity contribution in [1.82, 2.24) is 0 Å². The van der Waals surface area contributed by atoms with Gasteiger partial charge in [0.2, 0.25) is 0 Å². The molecule has 127 valence electrons. The van der Waals surface area contributed by atoms with Crippen molar-refractivity contribution >= 4 is 0 Å². The van der Waals surface area contributed by atoms with Crippen LogP contribution in [0.1, 0.15) is 118 Å². The van der Waals surface area contributed by atoms with Crippen LogP contribution in [0.4, 0.5) is 0 Å². The molecule has 0 aliphatic heterocycles. The van der Waals surface area contributed by atoms with E-state index in [1.165, 1.54) is 44.9 Å². The van der Waals surface area contributed by atoms with Gasteiger partial charge in [-0.05, 0) is 25.2 Å². The Hall–Kier alpha value is -0.0400. The van der Waals surface area contributed by atoms with Crippen molar-refractivity contribution in [2.75, 3.05) is 0 Å². The summed E-state index contributed by atoms with van der Waals surface area (Å²) in [5.74, 6) is 0.402. The van der Waals surface area contributed by atoms with E-state index >= 15 is 0 Å². The summed E-state index contributed by atoms with van der Waals surface area (Å²) >= 11 is 0. The first-order valence-electron chi connectivity index (χ1n) is 9.84. The fourth-order valence-electron chi connectivity index (χ4n) is 3.50. The Balaban J connectivity index is 4.30.